The number of ether oxygens (including phenoxy) is 1. The highest BCUT2D eigenvalue weighted by molar-refractivity contribution is 5.42. The van der Waals surface area contributed by atoms with Gasteiger partial charge in [-0.05, 0) is 39.2 Å². The first-order valence-corrected chi connectivity index (χ1v) is 7.19. The molecule has 2 aliphatic rings. The molecule has 0 spiro atoms. The van der Waals surface area contributed by atoms with Gasteiger partial charge in [0.15, 0.2) is 0 Å². The molecular formula is C14H22N4O. The van der Waals surface area contributed by atoms with E-state index in [1.54, 1.807) is 6.33 Å². The summed E-state index contributed by atoms with van der Waals surface area (Å²) >= 11 is 0. The topological polar surface area (TPSA) is 50.3 Å². The minimum atomic E-state index is 0.144. The van der Waals surface area contributed by atoms with Gasteiger partial charge in [0, 0.05) is 25.2 Å². The monoisotopic (exact) mass is 262 g/mol. The molecule has 0 unspecified atom stereocenters. The van der Waals surface area contributed by atoms with Crippen LogP contribution < -0.4 is 15.0 Å². The van der Waals surface area contributed by atoms with Crippen LogP contribution in [0, 0.1) is 5.92 Å². The lowest BCUT2D eigenvalue weighted by molar-refractivity contribution is 0.232. The van der Waals surface area contributed by atoms with Gasteiger partial charge < -0.3 is 15.0 Å². The molecule has 0 bridgehead atoms. The highest BCUT2D eigenvalue weighted by Crippen LogP contribution is 2.28. The fourth-order valence-corrected chi connectivity index (χ4v) is 3.04. The molecule has 2 aliphatic heterocycles. The average Bonchev–Trinajstić information content (AvgIpc) is 2.82. The molecule has 1 N–H and O–H groups in total. The second-order valence-electron chi connectivity index (χ2n) is 5.75. The Morgan fingerprint density at radius 2 is 2.26 bits per heavy atom. The lowest BCUT2D eigenvalue weighted by atomic mass is 9.94. The Hall–Kier alpha value is -1.36. The van der Waals surface area contributed by atoms with Crippen LogP contribution >= 0.6 is 0 Å². The van der Waals surface area contributed by atoms with Gasteiger partial charge in [-0.15, -0.1) is 0 Å². The van der Waals surface area contributed by atoms with Crippen molar-refractivity contribution in [1.29, 1.82) is 0 Å². The third kappa shape index (κ3) is 2.81. The molecular weight excluding hydrogens is 240 g/mol. The lowest BCUT2D eigenvalue weighted by Crippen LogP contribution is -2.40. The Labute approximate surface area is 114 Å². The van der Waals surface area contributed by atoms with Gasteiger partial charge >= 0.3 is 0 Å². The van der Waals surface area contributed by atoms with E-state index in [2.05, 4.69) is 20.2 Å². The first-order chi connectivity index (χ1) is 9.22. The van der Waals surface area contributed by atoms with Gasteiger partial charge in [-0.1, -0.05) is 0 Å². The second kappa shape index (κ2) is 5.33. The Balaban J connectivity index is 1.72. The van der Waals surface area contributed by atoms with Crippen LogP contribution in [0.15, 0.2) is 12.4 Å². The van der Waals surface area contributed by atoms with E-state index in [-0.39, 0.29) is 6.10 Å². The van der Waals surface area contributed by atoms with Crippen molar-refractivity contribution in [2.75, 3.05) is 24.5 Å². The summed E-state index contributed by atoms with van der Waals surface area (Å²) in [5.41, 5.74) is 0. The zero-order valence-corrected chi connectivity index (χ0v) is 11.7. The van der Waals surface area contributed by atoms with E-state index in [4.69, 9.17) is 4.74 Å². The maximum atomic E-state index is 5.64. The Morgan fingerprint density at radius 3 is 3.05 bits per heavy atom. The largest absolute Gasteiger partial charge is 0.475 e. The quantitative estimate of drug-likeness (QED) is 0.893. The first-order valence-electron chi connectivity index (χ1n) is 7.19. The maximum Gasteiger partial charge on any atom is 0.218 e. The summed E-state index contributed by atoms with van der Waals surface area (Å²) in [6, 6.07) is 2.58. The highest BCUT2D eigenvalue weighted by Gasteiger charge is 2.34. The third-order valence-corrected chi connectivity index (χ3v) is 3.91. The molecule has 0 radical (unpaired) electrons. The van der Waals surface area contributed by atoms with Crippen LogP contribution in [0.3, 0.4) is 0 Å². The molecule has 2 atom stereocenters. The molecule has 0 aliphatic carbocycles. The predicted octanol–water partition coefficient (Wildman–Crippen LogP) is 1.45. The van der Waals surface area contributed by atoms with Crippen molar-refractivity contribution in [1.82, 2.24) is 15.3 Å². The molecule has 3 rings (SSSR count). The maximum absolute atomic E-state index is 5.64. The van der Waals surface area contributed by atoms with Gasteiger partial charge in [0.25, 0.3) is 0 Å². The fourth-order valence-electron chi connectivity index (χ4n) is 3.04. The SMILES string of the molecule is CC(C)Oc1cc(N2C[C@@H]3CCCN[C@@H]3C2)ncn1. The van der Waals surface area contributed by atoms with Crippen molar-refractivity contribution in [2.24, 2.45) is 5.92 Å². The van der Waals surface area contributed by atoms with Crippen molar-refractivity contribution in [3.63, 3.8) is 0 Å². The Morgan fingerprint density at radius 1 is 1.37 bits per heavy atom. The minimum absolute atomic E-state index is 0.144. The highest BCUT2D eigenvalue weighted by atomic mass is 16.5. The third-order valence-electron chi connectivity index (χ3n) is 3.91. The number of fused-ring (bicyclic) bond motifs is 1. The molecule has 2 fully saturated rings. The number of nitrogens with zero attached hydrogens (tertiary/aromatic N) is 3. The standard InChI is InChI=1S/C14H22N4O/c1-10(2)19-14-6-13(16-9-17-14)18-7-11-4-3-5-15-12(11)8-18/h6,9-12,15H,3-5,7-8H2,1-2H3/t11-,12+/m0/s1. The number of anilines is 1. The van der Waals surface area contributed by atoms with E-state index >= 15 is 0 Å². The molecule has 1 aromatic heterocycles. The Bertz CT molecular complexity index is 423. The second-order valence-corrected chi connectivity index (χ2v) is 5.75. The molecule has 0 aromatic carbocycles. The van der Waals surface area contributed by atoms with Crippen LogP contribution in [0.5, 0.6) is 5.88 Å². The molecule has 0 saturated carbocycles. The molecule has 2 saturated heterocycles. The van der Waals surface area contributed by atoms with Gasteiger partial charge in [-0.25, -0.2) is 9.97 Å². The lowest BCUT2D eigenvalue weighted by Gasteiger charge is -2.24. The normalized spacial score (nSPS) is 26.6. The van der Waals surface area contributed by atoms with Crippen molar-refractivity contribution in [3.05, 3.63) is 12.4 Å². The summed E-state index contributed by atoms with van der Waals surface area (Å²) in [6.07, 6.45) is 4.36. The van der Waals surface area contributed by atoms with E-state index < -0.39 is 0 Å². The number of hydrogen-bond acceptors (Lipinski definition) is 5. The fraction of sp³-hybridized carbons (Fsp3) is 0.714. The molecule has 1 aromatic rings. The summed E-state index contributed by atoms with van der Waals surface area (Å²) in [7, 11) is 0. The van der Waals surface area contributed by atoms with Gasteiger partial charge in [0.05, 0.1) is 6.10 Å². The number of aromatic nitrogens is 2. The van der Waals surface area contributed by atoms with E-state index in [0.717, 1.165) is 31.4 Å². The summed E-state index contributed by atoms with van der Waals surface area (Å²) in [5.74, 6) is 2.42. The number of nitrogens with one attached hydrogen (secondary N) is 1. The molecule has 5 heteroatoms. The smallest absolute Gasteiger partial charge is 0.218 e. The summed E-state index contributed by atoms with van der Waals surface area (Å²) in [6.45, 7) is 7.31. The van der Waals surface area contributed by atoms with Gasteiger partial charge in [0.1, 0.15) is 12.1 Å². The van der Waals surface area contributed by atoms with Crippen LogP contribution in [-0.4, -0.2) is 41.7 Å². The van der Waals surface area contributed by atoms with E-state index in [1.165, 1.54) is 12.8 Å². The summed E-state index contributed by atoms with van der Waals surface area (Å²) < 4.78 is 5.64. The predicted molar refractivity (Wildman–Crippen MR) is 74.5 cm³/mol. The van der Waals surface area contributed by atoms with Crippen LogP contribution in [-0.2, 0) is 0 Å². The van der Waals surface area contributed by atoms with E-state index in [1.807, 2.05) is 19.9 Å². The number of rotatable bonds is 3. The van der Waals surface area contributed by atoms with Crippen LogP contribution in [0.2, 0.25) is 0 Å². The van der Waals surface area contributed by atoms with Crippen molar-refractivity contribution in [2.45, 2.75) is 38.8 Å². The number of hydrogen-bond donors (Lipinski definition) is 1. The van der Waals surface area contributed by atoms with Crippen molar-refractivity contribution >= 4 is 5.82 Å². The zero-order valence-electron chi connectivity index (χ0n) is 11.7. The average molecular weight is 262 g/mol. The Kier molecular flexibility index (Phi) is 3.55. The van der Waals surface area contributed by atoms with Gasteiger partial charge in [-0.2, -0.15) is 0 Å². The van der Waals surface area contributed by atoms with Crippen LogP contribution in [0.1, 0.15) is 26.7 Å². The van der Waals surface area contributed by atoms with Crippen LogP contribution in [0.4, 0.5) is 5.82 Å². The molecule has 104 valence electrons. The molecule has 19 heavy (non-hydrogen) atoms. The first kappa shape index (κ1) is 12.7. The van der Waals surface area contributed by atoms with Crippen molar-refractivity contribution < 1.29 is 4.74 Å². The molecule has 5 nitrogen and oxygen atoms in total. The van der Waals surface area contributed by atoms with Crippen LogP contribution in [0.25, 0.3) is 0 Å². The molecule has 0 amide bonds. The summed E-state index contributed by atoms with van der Waals surface area (Å²) in [4.78, 5) is 10.9. The van der Waals surface area contributed by atoms with Crippen molar-refractivity contribution in [3.8, 4) is 5.88 Å². The molecule has 3 heterocycles. The summed E-state index contributed by atoms with van der Waals surface area (Å²) in [5, 5.41) is 3.61. The van der Waals surface area contributed by atoms with Gasteiger partial charge in [-0.3, -0.25) is 0 Å². The number of piperidine rings is 1. The minimum Gasteiger partial charge on any atom is -0.475 e. The van der Waals surface area contributed by atoms with Gasteiger partial charge in [0.2, 0.25) is 5.88 Å². The van der Waals surface area contributed by atoms with E-state index in [0.29, 0.717) is 11.9 Å². The van der Waals surface area contributed by atoms with E-state index in [9.17, 15) is 0 Å². The zero-order chi connectivity index (χ0) is 13.2.